The zero-order valence-electron chi connectivity index (χ0n) is 10.9. The third kappa shape index (κ3) is 1.53. The molecule has 3 rings (SSSR count). The highest BCUT2D eigenvalue weighted by atomic mass is 16.5. The maximum Gasteiger partial charge on any atom is 0.303 e. The number of hydrogen-bond acceptors (Lipinski definition) is 2. The molecule has 0 saturated heterocycles. The molecule has 1 aliphatic heterocycles. The van der Waals surface area contributed by atoms with E-state index in [-0.39, 0.29) is 12.3 Å². The summed E-state index contributed by atoms with van der Waals surface area (Å²) in [6, 6.07) is 0. The molecular weight excluding hydrogens is 228 g/mol. The number of rotatable bonds is 2. The molecule has 0 saturated carbocycles. The maximum atomic E-state index is 11.0. The Hall–Kier alpha value is -1.51. The molecule has 1 unspecified atom stereocenters. The van der Waals surface area contributed by atoms with Crippen molar-refractivity contribution in [2.45, 2.75) is 45.4 Å². The van der Waals surface area contributed by atoms with Crippen molar-refractivity contribution in [2.75, 3.05) is 6.61 Å². The van der Waals surface area contributed by atoms with Crippen molar-refractivity contribution in [2.24, 2.45) is 0 Å². The SMILES string of the molecule is Cc1c(C)c2c(c3c1CCC3CC(=O)O)CCO2. The van der Waals surface area contributed by atoms with Gasteiger partial charge in [-0.1, -0.05) is 0 Å². The first kappa shape index (κ1) is 11.6. The number of carboxylic acid groups (broad SMARTS) is 1. The monoisotopic (exact) mass is 246 g/mol. The van der Waals surface area contributed by atoms with E-state index in [1.807, 2.05) is 0 Å². The lowest BCUT2D eigenvalue weighted by Crippen LogP contribution is -2.06. The van der Waals surface area contributed by atoms with Gasteiger partial charge in [-0.25, -0.2) is 0 Å². The number of carbonyl (C=O) groups is 1. The van der Waals surface area contributed by atoms with Gasteiger partial charge in [-0.05, 0) is 54.9 Å². The van der Waals surface area contributed by atoms with Crippen LogP contribution in [0.2, 0.25) is 0 Å². The number of ether oxygens (including phenoxy) is 1. The van der Waals surface area contributed by atoms with E-state index in [4.69, 9.17) is 9.84 Å². The first-order chi connectivity index (χ1) is 8.59. The van der Waals surface area contributed by atoms with Crippen LogP contribution in [0.15, 0.2) is 0 Å². The fourth-order valence-corrected chi connectivity index (χ4v) is 3.52. The molecule has 3 heteroatoms. The van der Waals surface area contributed by atoms with E-state index in [9.17, 15) is 4.79 Å². The summed E-state index contributed by atoms with van der Waals surface area (Å²) in [4.78, 5) is 11.0. The minimum absolute atomic E-state index is 0.187. The molecule has 1 N–H and O–H groups in total. The summed E-state index contributed by atoms with van der Waals surface area (Å²) < 4.78 is 5.74. The molecule has 1 atom stereocenters. The van der Waals surface area contributed by atoms with E-state index in [0.717, 1.165) is 31.6 Å². The Morgan fingerprint density at radius 1 is 1.28 bits per heavy atom. The van der Waals surface area contributed by atoms with Crippen LogP contribution in [0.5, 0.6) is 5.75 Å². The lowest BCUT2D eigenvalue weighted by atomic mass is 9.88. The molecule has 18 heavy (non-hydrogen) atoms. The molecule has 1 aromatic carbocycles. The van der Waals surface area contributed by atoms with Crippen LogP contribution in [-0.2, 0) is 17.6 Å². The lowest BCUT2D eigenvalue weighted by molar-refractivity contribution is -0.137. The topological polar surface area (TPSA) is 46.5 Å². The molecule has 96 valence electrons. The third-order valence-corrected chi connectivity index (χ3v) is 4.45. The Bertz CT molecular complexity index is 531. The Morgan fingerprint density at radius 3 is 2.78 bits per heavy atom. The van der Waals surface area contributed by atoms with Gasteiger partial charge in [0.25, 0.3) is 0 Å². The Balaban J connectivity index is 2.15. The molecule has 1 aliphatic carbocycles. The average Bonchev–Trinajstić information content (AvgIpc) is 2.91. The summed E-state index contributed by atoms with van der Waals surface area (Å²) in [7, 11) is 0. The first-order valence-corrected chi connectivity index (χ1v) is 6.59. The lowest BCUT2D eigenvalue weighted by Gasteiger charge is -2.17. The number of fused-ring (bicyclic) bond motifs is 3. The zero-order valence-corrected chi connectivity index (χ0v) is 10.9. The highest BCUT2D eigenvalue weighted by Crippen LogP contribution is 2.46. The molecule has 3 nitrogen and oxygen atoms in total. The summed E-state index contributed by atoms with van der Waals surface area (Å²) in [5.41, 5.74) is 6.53. The van der Waals surface area contributed by atoms with Crippen molar-refractivity contribution < 1.29 is 14.6 Å². The van der Waals surface area contributed by atoms with E-state index in [1.165, 1.54) is 27.8 Å². The minimum Gasteiger partial charge on any atom is -0.493 e. The van der Waals surface area contributed by atoms with Gasteiger partial charge in [-0.2, -0.15) is 0 Å². The van der Waals surface area contributed by atoms with Crippen LogP contribution in [0.25, 0.3) is 0 Å². The van der Waals surface area contributed by atoms with Crippen LogP contribution in [0.4, 0.5) is 0 Å². The second kappa shape index (κ2) is 4.01. The van der Waals surface area contributed by atoms with Gasteiger partial charge in [0, 0.05) is 12.0 Å². The van der Waals surface area contributed by atoms with Crippen molar-refractivity contribution >= 4 is 5.97 Å². The summed E-state index contributed by atoms with van der Waals surface area (Å²) in [6.45, 7) is 5.00. The van der Waals surface area contributed by atoms with Gasteiger partial charge in [0.1, 0.15) is 5.75 Å². The van der Waals surface area contributed by atoms with Crippen molar-refractivity contribution in [3.63, 3.8) is 0 Å². The predicted octanol–water partition coefficient (Wildman–Crippen LogP) is 2.74. The summed E-state index contributed by atoms with van der Waals surface area (Å²) >= 11 is 0. The van der Waals surface area contributed by atoms with E-state index in [2.05, 4.69) is 13.8 Å². The number of benzene rings is 1. The molecule has 0 bridgehead atoms. The maximum absolute atomic E-state index is 11.0. The molecule has 0 radical (unpaired) electrons. The molecule has 0 aromatic heterocycles. The van der Waals surface area contributed by atoms with Gasteiger partial charge in [0.05, 0.1) is 13.0 Å². The third-order valence-electron chi connectivity index (χ3n) is 4.45. The van der Waals surface area contributed by atoms with Crippen molar-refractivity contribution in [3.8, 4) is 5.75 Å². The summed E-state index contributed by atoms with van der Waals surface area (Å²) in [6.07, 6.45) is 3.18. The largest absolute Gasteiger partial charge is 0.493 e. The van der Waals surface area contributed by atoms with Gasteiger partial charge in [0.15, 0.2) is 0 Å². The Kier molecular flexibility index (Phi) is 2.58. The van der Waals surface area contributed by atoms with E-state index in [0.29, 0.717) is 0 Å². The van der Waals surface area contributed by atoms with Crippen molar-refractivity contribution in [1.29, 1.82) is 0 Å². The molecule has 1 heterocycles. The summed E-state index contributed by atoms with van der Waals surface area (Å²) in [5.74, 6) is 0.523. The quantitative estimate of drug-likeness (QED) is 0.872. The van der Waals surface area contributed by atoms with Gasteiger partial charge in [-0.3, -0.25) is 4.79 Å². The van der Waals surface area contributed by atoms with Gasteiger partial charge >= 0.3 is 5.97 Å². The summed E-state index contributed by atoms with van der Waals surface area (Å²) in [5, 5.41) is 9.04. The first-order valence-electron chi connectivity index (χ1n) is 6.59. The number of carboxylic acids is 1. The second-order valence-corrected chi connectivity index (χ2v) is 5.38. The average molecular weight is 246 g/mol. The molecular formula is C15H18O3. The van der Waals surface area contributed by atoms with Crippen LogP contribution in [0, 0.1) is 13.8 Å². The minimum atomic E-state index is -0.696. The van der Waals surface area contributed by atoms with Crippen LogP contribution in [0.3, 0.4) is 0 Å². The van der Waals surface area contributed by atoms with Gasteiger partial charge in [0.2, 0.25) is 0 Å². The number of hydrogen-bond donors (Lipinski definition) is 1. The normalized spacial score (nSPS) is 20.4. The predicted molar refractivity (Wildman–Crippen MR) is 68.4 cm³/mol. The molecule has 0 amide bonds. The van der Waals surface area contributed by atoms with Crippen LogP contribution < -0.4 is 4.74 Å². The molecule has 0 spiro atoms. The highest BCUT2D eigenvalue weighted by molar-refractivity contribution is 5.70. The molecule has 1 aromatic rings. The second-order valence-electron chi connectivity index (χ2n) is 5.38. The van der Waals surface area contributed by atoms with Crippen molar-refractivity contribution in [3.05, 3.63) is 27.8 Å². The Labute approximate surface area is 107 Å². The zero-order chi connectivity index (χ0) is 12.9. The molecule has 0 fully saturated rings. The molecule has 2 aliphatic rings. The fraction of sp³-hybridized carbons (Fsp3) is 0.533. The van der Waals surface area contributed by atoms with E-state index < -0.39 is 5.97 Å². The Morgan fingerprint density at radius 2 is 2.06 bits per heavy atom. The van der Waals surface area contributed by atoms with Crippen molar-refractivity contribution in [1.82, 2.24) is 0 Å². The van der Waals surface area contributed by atoms with E-state index in [1.54, 1.807) is 0 Å². The van der Waals surface area contributed by atoms with Gasteiger partial charge < -0.3 is 9.84 Å². The standard InChI is InChI=1S/C15H18O3/c1-8-9(2)15-12(5-6-18-15)14-10(7-13(16)17)3-4-11(8)14/h10H,3-7H2,1-2H3,(H,16,17). The van der Waals surface area contributed by atoms with Gasteiger partial charge in [-0.15, -0.1) is 0 Å². The smallest absolute Gasteiger partial charge is 0.303 e. The fourth-order valence-electron chi connectivity index (χ4n) is 3.52. The van der Waals surface area contributed by atoms with Crippen LogP contribution in [0.1, 0.15) is 46.6 Å². The van der Waals surface area contributed by atoms with E-state index >= 15 is 0 Å². The van der Waals surface area contributed by atoms with Crippen LogP contribution >= 0.6 is 0 Å². The number of aliphatic carboxylic acids is 1. The highest BCUT2D eigenvalue weighted by Gasteiger charge is 2.33. The van der Waals surface area contributed by atoms with Crippen LogP contribution in [-0.4, -0.2) is 17.7 Å².